The molecule has 1 saturated carbocycles. The van der Waals surface area contributed by atoms with Gasteiger partial charge in [0, 0.05) is 17.9 Å². The molecule has 0 aliphatic heterocycles. The summed E-state index contributed by atoms with van der Waals surface area (Å²) >= 11 is 0. The molecule has 0 radical (unpaired) electrons. The second-order valence-electron chi connectivity index (χ2n) is 5.90. The number of hydrogen-bond donors (Lipinski definition) is 2. The lowest BCUT2D eigenvalue weighted by Gasteiger charge is -2.36. The molecule has 1 atom stereocenters. The summed E-state index contributed by atoms with van der Waals surface area (Å²) in [6.45, 7) is 4.62. The minimum absolute atomic E-state index is 0.315. The number of primary amides is 1. The number of nitrogens with zero attached hydrogens (tertiary/aromatic N) is 1. The van der Waals surface area contributed by atoms with Crippen molar-refractivity contribution < 1.29 is 4.79 Å². The number of aromatic nitrogens is 1. The average molecular weight is 247 g/mol. The zero-order valence-electron chi connectivity index (χ0n) is 11.1. The Kier molecular flexibility index (Phi) is 3.55. The number of amides is 1. The van der Waals surface area contributed by atoms with Gasteiger partial charge in [-0.2, -0.15) is 0 Å². The SMILES string of the molecule is CC1(C)CCCC(Nc2ccnc(C(N)=O)c2)C1. The van der Waals surface area contributed by atoms with Crippen LogP contribution in [-0.2, 0) is 0 Å². The van der Waals surface area contributed by atoms with Crippen molar-refractivity contribution >= 4 is 11.6 Å². The minimum Gasteiger partial charge on any atom is -0.382 e. The lowest BCUT2D eigenvalue weighted by atomic mass is 9.75. The number of pyridine rings is 1. The van der Waals surface area contributed by atoms with Gasteiger partial charge in [-0.05, 0) is 36.8 Å². The summed E-state index contributed by atoms with van der Waals surface area (Å²) in [5, 5.41) is 3.48. The first-order valence-electron chi connectivity index (χ1n) is 6.49. The van der Waals surface area contributed by atoms with Crippen LogP contribution in [0.5, 0.6) is 0 Å². The summed E-state index contributed by atoms with van der Waals surface area (Å²) in [4.78, 5) is 15.0. The van der Waals surface area contributed by atoms with Crippen LogP contribution in [0.4, 0.5) is 5.69 Å². The molecule has 0 saturated heterocycles. The molecule has 4 nitrogen and oxygen atoms in total. The van der Waals surface area contributed by atoms with Gasteiger partial charge in [0.25, 0.3) is 5.91 Å². The lowest BCUT2D eigenvalue weighted by molar-refractivity contribution is 0.0995. The maximum atomic E-state index is 11.1. The molecule has 0 spiro atoms. The first kappa shape index (κ1) is 12.9. The molecule has 1 amide bonds. The third kappa shape index (κ3) is 3.22. The van der Waals surface area contributed by atoms with Crippen molar-refractivity contribution in [2.24, 2.45) is 11.1 Å². The monoisotopic (exact) mass is 247 g/mol. The summed E-state index contributed by atoms with van der Waals surface area (Å²) in [7, 11) is 0. The van der Waals surface area contributed by atoms with Crippen molar-refractivity contribution in [1.82, 2.24) is 4.98 Å². The van der Waals surface area contributed by atoms with Crippen LogP contribution in [-0.4, -0.2) is 16.9 Å². The van der Waals surface area contributed by atoms with Gasteiger partial charge >= 0.3 is 0 Å². The number of carbonyl (C=O) groups is 1. The molecule has 3 N–H and O–H groups in total. The fourth-order valence-corrected chi connectivity index (χ4v) is 2.71. The van der Waals surface area contributed by atoms with E-state index in [-0.39, 0.29) is 0 Å². The van der Waals surface area contributed by atoms with E-state index in [1.54, 1.807) is 12.3 Å². The highest BCUT2D eigenvalue weighted by atomic mass is 16.1. The van der Waals surface area contributed by atoms with E-state index in [1.165, 1.54) is 19.3 Å². The number of anilines is 1. The lowest BCUT2D eigenvalue weighted by Crippen LogP contribution is -2.31. The Hall–Kier alpha value is -1.58. The minimum atomic E-state index is -0.484. The van der Waals surface area contributed by atoms with E-state index in [4.69, 9.17) is 5.73 Å². The van der Waals surface area contributed by atoms with Crippen molar-refractivity contribution in [3.8, 4) is 0 Å². The molecule has 98 valence electrons. The van der Waals surface area contributed by atoms with Gasteiger partial charge in [-0.3, -0.25) is 9.78 Å². The smallest absolute Gasteiger partial charge is 0.267 e. The molecule has 1 fully saturated rings. The Bertz CT molecular complexity index is 442. The highest BCUT2D eigenvalue weighted by Crippen LogP contribution is 2.36. The van der Waals surface area contributed by atoms with Crippen LogP contribution < -0.4 is 11.1 Å². The molecule has 0 bridgehead atoms. The van der Waals surface area contributed by atoms with Crippen molar-refractivity contribution in [2.75, 3.05) is 5.32 Å². The predicted octanol–water partition coefficient (Wildman–Crippen LogP) is 2.56. The van der Waals surface area contributed by atoms with E-state index in [0.717, 1.165) is 12.1 Å². The molecule has 0 aromatic carbocycles. The Morgan fingerprint density at radius 3 is 3.00 bits per heavy atom. The molecular formula is C14H21N3O. The van der Waals surface area contributed by atoms with Crippen LogP contribution in [0, 0.1) is 5.41 Å². The summed E-state index contributed by atoms with van der Waals surface area (Å²) < 4.78 is 0. The second-order valence-corrected chi connectivity index (χ2v) is 5.90. The van der Waals surface area contributed by atoms with Gasteiger partial charge in [0.2, 0.25) is 0 Å². The van der Waals surface area contributed by atoms with Crippen molar-refractivity contribution in [2.45, 2.75) is 45.6 Å². The van der Waals surface area contributed by atoms with E-state index in [1.807, 2.05) is 6.07 Å². The largest absolute Gasteiger partial charge is 0.382 e. The molecule has 1 aromatic rings. The van der Waals surface area contributed by atoms with Crippen molar-refractivity contribution in [1.29, 1.82) is 0 Å². The maximum Gasteiger partial charge on any atom is 0.267 e. The summed E-state index contributed by atoms with van der Waals surface area (Å²) in [5.41, 5.74) is 6.87. The fourth-order valence-electron chi connectivity index (χ4n) is 2.71. The van der Waals surface area contributed by atoms with E-state index >= 15 is 0 Å². The fraction of sp³-hybridized carbons (Fsp3) is 0.571. The number of nitrogens with two attached hydrogens (primary N) is 1. The van der Waals surface area contributed by atoms with Gasteiger partial charge < -0.3 is 11.1 Å². The van der Waals surface area contributed by atoms with Gasteiger partial charge in [-0.1, -0.05) is 20.3 Å². The van der Waals surface area contributed by atoms with Gasteiger partial charge in [0.15, 0.2) is 0 Å². The average Bonchev–Trinajstić information content (AvgIpc) is 2.28. The molecule has 1 aromatic heterocycles. The first-order chi connectivity index (χ1) is 8.46. The zero-order valence-corrected chi connectivity index (χ0v) is 11.1. The van der Waals surface area contributed by atoms with Gasteiger partial charge in [0.05, 0.1) is 0 Å². The van der Waals surface area contributed by atoms with Crippen molar-refractivity contribution in [3.63, 3.8) is 0 Å². The quantitative estimate of drug-likeness (QED) is 0.862. The van der Waals surface area contributed by atoms with Crippen LogP contribution in [0.3, 0.4) is 0 Å². The highest BCUT2D eigenvalue weighted by molar-refractivity contribution is 5.91. The Morgan fingerprint density at radius 2 is 2.33 bits per heavy atom. The Labute approximate surface area is 108 Å². The number of hydrogen-bond acceptors (Lipinski definition) is 3. The van der Waals surface area contributed by atoms with Gasteiger partial charge in [0.1, 0.15) is 5.69 Å². The van der Waals surface area contributed by atoms with Crippen LogP contribution in [0.2, 0.25) is 0 Å². The molecule has 4 heteroatoms. The van der Waals surface area contributed by atoms with Crippen LogP contribution in [0.1, 0.15) is 50.0 Å². The second kappa shape index (κ2) is 4.96. The van der Waals surface area contributed by atoms with Gasteiger partial charge in [-0.15, -0.1) is 0 Å². The van der Waals surface area contributed by atoms with E-state index in [0.29, 0.717) is 17.2 Å². The third-order valence-electron chi connectivity index (χ3n) is 3.59. The normalized spacial score (nSPS) is 22.4. The zero-order chi connectivity index (χ0) is 13.2. The molecule has 1 heterocycles. The molecule has 2 rings (SSSR count). The number of rotatable bonds is 3. The summed E-state index contributed by atoms with van der Waals surface area (Å²) in [5.74, 6) is -0.484. The maximum absolute atomic E-state index is 11.1. The van der Waals surface area contributed by atoms with Crippen LogP contribution in [0.15, 0.2) is 18.3 Å². The van der Waals surface area contributed by atoms with Crippen LogP contribution in [0.25, 0.3) is 0 Å². The number of nitrogens with one attached hydrogen (secondary N) is 1. The molecule has 1 aliphatic carbocycles. The summed E-state index contributed by atoms with van der Waals surface area (Å²) in [6, 6.07) is 4.08. The van der Waals surface area contributed by atoms with Gasteiger partial charge in [-0.25, -0.2) is 0 Å². The van der Waals surface area contributed by atoms with Crippen LogP contribution >= 0.6 is 0 Å². The third-order valence-corrected chi connectivity index (χ3v) is 3.59. The van der Waals surface area contributed by atoms with Crippen molar-refractivity contribution in [3.05, 3.63) is 24.0 Å². The standard InChI is InChI=1S/C14H21N3O/c1-14(2)6-3-4-11(9-14)17-10-5-7-16-12(8-10)13(15)18/h5,7-8,11H,3-4,6,9H2,1-2H3,(H2,15,18)(H,16,17). The Balaban J connectivity index is 2.05. The predicted molar refractivity (Wildman–Crippen MR) is 72.4 cm³/mol. The number of carbonyl (C=O) groups excluding carboxylic acids is 1. The molecular weight excluding hydrogens is 226 g/mol. The van der Waals surface area contributed by atoms with E-state index in [9.17, 15) is 4.79 Å². The summed E-state index contributed by atoms with van der Waals surface area (Å²) in [6.07, 6.45) is 6.49. The molecule has 1 aliphatic rings. The van der Waals surface area contributed by atoms with E-state index in [2.05, 4.69) is 24.1 Å². The highest BCUT2D eigenvalue weighted by Gasteiger charge is 2.27. The van der Waals surface area contributed by atoms with E-state index < -0.39 is 5.91 Å². The topological polar surface area (TPSA) is 68.0 Å². The Morgan fingerprint density at radius 1 is 1.56 bits per heavy atom. The first-order valence-corrected chi connectivity index (χ1v) is 6.49. The molecule has 18 heavy (non-hydrogen) atoms. The molecule has 1 unspecified atom stereocenters.